The molecule has 1 aromatic heterocycles. The van der Waals surface area contributed by atoms with Gasteiger partial charge in [-0.2, -0.15) is 4.98 Å². The average Bonchev–Trinajstić information content (AvgIpc) is 2.91. The van der Waals surface area contributed by atoms with E-state index in [4.69, 9.17) is 14.2 Å². The zero-order chi connectivity index (χ0) is 21.7. The zero-order valence-electron chi connectivity index (χ0n) is 16.6. The Morgan fingerprint density at radius 1 is 1.28 bits per heavy atom. The van der Waals surface area contributed by atoms with Gasteiger partial charge in [0, 0.05) is 32.5 Å². The Balaban J connectivity index is 2.47. The first-order valence-electron chi connectivity index (χ1n) is 9.14. The molecule has 10 nitrogen and oxygen atoms in total. The molecule has 2 heterocycles. The molecule has 11 heteroatoms. The SMILES string of the molecule is CCCc1c[nH]c(=O)nc1N(C(C)=O)[C@@H]1O[C@H](COC(C)=O)[C@H](Br)[C@H]1OC(C)=O. The van der Waals surface area contributed by atoms with Crippen LogP contribution in [0.2, 0.25) is 0 Å². The van der Waals surface area contributed by atoms with E-state index in [0.717, 1.165) is 6.42 Å². The summed E-state index contributed by atoms with van der Waals surface area (Å²) in [6.07, 6.45) is 0.150. The van der Waals surface area contributed by atoms with Crippen LogP contribution < -0.4 is 10.6 Å². The van der Waals surface area contributed by atoms with Gasteiger partial charge in [0.25, 0.3) is 0 Å². The number of aromatic nitrogens is 2. The van der Waals surface area contributed by atoms with E-state index >= 15 is 0 Å². The minimum absolute atomic E-state index is 0.101. The van der Waals surface area contributed by atoms with Crippen molar-refractivity contribution >= 4 is 39.6 Å². The summed E-state index contributed by atoms with van der Waals surface area (Å²) in [5.41, 5.74) is 0.0158. The summed E-state index contributed by atoms with van der Waals surface area (Å²) in [4.78, 5) is 54.4. The maximum Gasteiger partial charge on any atom is 0.346 e. The molecular weight excluding hydrogens is 450 g/mol. The summed E-state index contributed by atoms with van der Waals surface area (Å²) in [6.45, 7) is 5.65. The highest BCUT2D eigenvalue weighted by atomic mass is 79.9. The van der Waals surface area contributed by atoms with Gasteiger partial charge in [-0.3, -0.25) is 19.3 Å². The third-order valence-corrected chi connectivity index (χ3v) is 5.33. The first-order valence-corrected chi connectivity index (χ1v) is 10.1. The predicted molar refractivity (Wildman–Crippen MR) is 106 cm³/mol. The molecule has 1 aliphatic rings. The van der Waals surface area contributed by atoms with E-state index in [1.807, 2.05) is 6.92 Å². The van der Waals surface area contributed by atoms with Gasteiger partial charge in [0.05, 0.1) is 4.83 Å². The lowest BCUT2D eigenvalue weighted by Gasteiger charge is -2.31. The van der Waals surface area contributed by atoms with Crippen molar-refractivity contribution < 1.29 is 28.6 Å². The van der Waals surface area contributed by atoms with Crippen LogP contribution in [0.4, 0.5) is 5.82 Å². The van der Waals surface area contributed by atoms with Crippen LogP contribution in [0.3, 0.4) is 0 Å². The van der Waals surface area contributed by atoms with E-state index in [-0.39, 0.29) is 12.4 Å². The van der Waals surface area contributed by atoms with Crippen molar-refractivity contribution in [1.29, 1.82) is 0 Å². The molecule has 1 N–H and O–H groups in total. The Bertz CT molecular complexity index is 828. The van der Waals surface area contributed by atoms with Crippen molar-refractivity contribution in [1.82, 2.24) is 9.97 Å². The van der Waals surface area contributed by atoms with Crippen LogP contribution in [0.15, 0.2) is 11.0 Å². The van der Waals surface area contributed by atoms with Crippen molar-refractivity contribution in [2.75, 3.05) is 11.5 Å². The number of esters is 2. The van der Waals surface area contributed by atoms with Gasteiger partial charge in [0.15, 0.2) is 12.3 Å². The van der Waals surface area contributed by atoms with E-state index in [0.29, 0.717) is 12.0 Å². The molecule has 4 atom stereocenters. The minimum Gasteiger partial charge on any atom is -0.463 e. The largest absolute Gasteiger partial charge is 0.463 e. The highest BCUT2D eigenvalue weighted by Crippen LogP contribution is 2.35. The number of alkyl halides is 1. The van der Waals surface area contributed by atoms with Crippen LogP contribution in [0, 0.1) is 0 Å². The fourth-order valence-electron chi connectivity index (χ4n) is 3.08. The molecule has 1 amide bonds. The number of carbonyl (C=O) groups excluding carboxylic acids is 3. The number of rotatable bonds is 7. The summed E-state index contributed by atoms with van der Waals surface area (Å²) in [7, 11) is 0. The van der Waals surface area contributed by atoms with E-state index < -0.39 is 46.8 Å². The third-order valence-electron chi connectivity index (χ3n) is 4.22. The molecule has 0 bridgehead atoms. The van der Waals surface area contributed by atoms with Crippen LogP contribution in [0.5, 0.6) is 0 Å². The molecular formula is C18H24BrN3O7. The number of nitrogens with zero attached hydrogens (tertiary/aromatic N) is 2. The Kier molecular flexibility index (Phi) is 7.91. The topological polar surface area (TPSA) is 128 Å². The molecule has 1 aliphatic heterocycles. The van der Waals surface area contributed by atoms with Crippen LogP contribution in [0.25, 0.3) is 0 Å². The normalized spacial score (nSPS) is 23.5. The molecule has 0 aliphatic carbocycles. The summed E-state index contributed by atoms with van der Waals surface area (Å²) in [5, 5.41) is 0. The lowest BCUT2D eigenvalue weighted by atomic mass is 10.1. The van der Waals surface area contributed by atoms with Crippen molar-refractivity contribution in [3.63, 3.8) is 0 Å². The first-order chi connectivity index (χ1) is 13.6. The van der Waals surface area contributed by atoms with E-state index in [2.05, 4.69) is 25.9 Å². The number of anilines is 1. The second-order valence-electron chi connectivity index (χ2n) is 6.58. The zero-order valence-corrected chi connectivity index (χ0v) is 18.2. The molecule has 160 valence electrons. The molecule has 0 unspecified atom stereocenters. The fraction of sp³-hybridized carbons (Fsp3) is 0.611. The van der Waals surface area contributed by atoms with Gasteiger partial charge in [-0.25, -0.2) is 4.79 Å². The Labute approximate surface area is 176 Å². The number of nitrogens with one attached hydrogen (secondary N) is 1. The highest BCUT2D eigenvalue weighted by molar-refractivity contribution is 9.09. The summed E-state index contributed by atoms with van der Waals surface area (Å²) >= 11 is 3.42. The minimum atomic E-state index is -1.06. The van der Waals surface area contributed by atoms with E-state index in [1.54, 1.807) is 0 Å². The van der Waals surface area contributed by atoms with E-state index in [9.17, 15) is 19.2 Å². The number of aromatic amines is 1. The number of hydrogen-bond acceptors (Lipinski definition) is 8. The fourth-order valence-corrected chi connectivity index (χ4v) is 3.72. The maximum atomic E-state index is 12.6. The molecule has 0 saturated carbocycles. The monoisotopic (exact) mass is 473 g/mol. The van der Waals surface area contributed by atoms with E-state index in [1.165, 1.54) is 31.9 Å². The standard InChI is InChI=1S/C18H24BrN3O7/c1-5-6-12-7-20-18(26)21-16(12)22(9(2)23)17-15(28-11(4)25)14(19)13(29-17)8-27-10(3)24/h7,13-15,17H,5-6,8H2,1-4H3,(H,20,21,26)/t13-,14+,15-,17-/m1/s1. The predicted octanol–water partition coefficient (Wildman–Crippen LogP) is 1.06. The summed E-state index contributed by atoms with van der Waals surface area (Å²) < 4.78 is 16.4. The number of amides is 1. The lowest BCUT2D eigenvalue weighted by molar-refractivity contribution is -0.150. The molecule has 0 radical (unpaired) electrons. The van der Waals surface area contributed by atoms with Crippen molar-refractivity contribution in [2.24, 2.45) is 0 Å². The van der Waals surface area contributed by atoms with Gasteiger partial charge in [-0.1, -0.05) is 29.3 Å². The molecule has 2 rings (SSSR count). The van der Waals surface area contributed by atoms with Gasteiger partial charge < -0.3 is 19.2 Å². The number of halogens is 1. The van der Waals surface area contributed by atoms with Crippen LogP contribution in [-0.2, 0) is 35.0 Å². The molecule has 29 heavy (non-hydrogen) atoms. The molecule has 1 fully saturated rings. The summed E-state index contributed by atoms with van der Waals surface area (Å²) in [6, 6.07) is 0. The molecule has 1 saturated heterocycles. The number of carbonyl (C=O) groups is 3. The number of ether oxygens (including phenoxy) is 3. The quantitative estimate of drug-likeness (QED) is 0.459. The van der Waals surface area contributed by atoms with Crippen LogP contribution >= 0.6 is 15.9 Å². The molecule has 0 spiro atoms. The van der Waals surface area contributed by atoms with Crippen LogP contribution in [0.1, 0.15) is 39.7 Å². The van der Waals surface area contributed by atoms with Gasteiger partial charge in [0.1, 0.15) is 18.5 Å². The van der Waals surface area contributed by atoms with Gasteiger partial charge in [0.2, 0.25) is 5.91 Å². The Hall–Kier alpha value is -2.27. The van der Waals surface area contributed by atoms with Gasteiger partial charge in [-0.05, 0) is 6.42 Å². The third kappa shape index (κ3) is 5.63. The highest BCUT2D eigenvalue weighted by Gasteiger charge is 2.50. The smallest absolute Gasteiger partial charge is 0.346 e. The number of H-pyrrole nitrogens is 1. The average molecular weight is 474 g/mol. The lowest BCUT2D eigenvalue weighted by Crippen LogP contribution is -2.49. The van der Waals surface area contributed by atoms with Gasteiger partial charge in [-0.15, -0.1) is 0 Å². The summed E-state index contributed by atoms with van der Waals surface area (Å²) in [5.74, 6) is -1.38. The van der Waals surface area contributed by atoms with Crippen molar-refractivity contribution in [3.8, 4) is 0 Å². The van der Waals surface area contributed by atoms with Crippen molar-refractivity contribution in [2.45, 2.75) is 63.8 Å². The molecule has 0 aromatic carbocycles. The maximum absolute atomic E-state index is 12.6. The second-order valence-corrected chi connectivity index (χ2v) is 7.64. The van der Waals surface area contributed by atoms with Gasteiger partial charge >= 0.3 is 17.6 Å². The number of hydrogen-bond donors (Lipinski definition) is 1. The van der Waals surface area contributed by atoms with Crippen LogP contribution in [-0.4, -0.2) is 57.7 Å². The second kappa shape index (κ2) is 9.97. The first kappa shape index (κ1) is 23.0. The Morgan fingerprint density at radius 2 is 1.97 bits per heavy atom. The Morgan fingerprint density at radius 3 is 2.52 bits per heavy atom. The van der Waals surface area contributed by atoms with Crippen molar-refractivity contribution in [3.05, 3.63) is 22.2 Å². The molecule has 1 aromatic rings. The number of aryl methyl sites for hydroxylation is 1.